The van der Waals surface area contributed by atoms with Crippen LogP contribution in [0, 0.1) is 0 Å². The molecule has 1 fully saturated rings. The van der Waals surface area contributed by atoms with Crippen molar-refractivity contribution in [2.75, 3.05) is 26.2 Å². The fraction of sp³-hybridized carbons (Fsp3) is 0.600. The zero-order valence-electron chi connectivity index (χ0n) is 10.9. The molecule has 1 aromatic carbocycles. The van der Waals surface area contributed by atoms with Gasteiger partial charge in [-0.3, -0.25) is 4.90 Å². The summed E-state index contributed by atoms with van der Waals surface area (Å²) in [5, 5.41) is 13.5. The lowest BCUT2D eigenvalue weighted by Crippen LogP contribution is -2.43. The van der Waals surface area contributed by atoms with E-state index in [1.54, 1.807) is 0 Å². The molecule has 1 aliphatic heterocycles. The molecular weight excluding hydrogens is 224 g/mol. The van der Waals surface area contributed by atoms with Crippen molar-refractivity contribution in [3.63, 3.8) is 0 Å². The van der Waals surface area contributed by atoms with E-state index in [0.29, 0.717) is 5.75 Å². The maximum absolute atomic E-state index is 10.2. The first-order valence-corrected chi connectivity index (χ1v) is 7.10. The highest BCUT2D eigenvalue weighted by molar-refractivity contribution is 5.45. The van der Waals surface area contributed by atoms with Gasteiger partial charge in [-0.15, -0.1) is 0 Å². The minimum absolute atomic E-state index is 0.495. The molecule has 0 bridgehead atoms. The predicted molar refractivity (Wildman–Crippen MR) is 72.9 cm³/mol. The smallest absolute Gasteiger partial charge is 0.120 e. The quantitative estimate of drug-likeness (QED) is 0.833. The summed E-state index contributed by atoms with van der Waals surface area (Å²) in [6, 6.07) is 4.01. The summed E-state index contributed by atoms with van der Waals surface area (Å²) in [4.78, 5) is 2.44. The minimum atomic E-state index is 0.495. The van der Waals surface area contributed by atoms with Crippen LogP contribution in [0.25, 0.3) is 0 Å². The van der Waals surface area contributed by atoms with Crippen LogP contribution in [-0.2, 0) is 19.4 Å². The Balaban J connectivity index is 1.85. The number of hydrogen-bond acceptors (Lipinski definition) is 3. The number of rotatable bonds is 2. The van der Waals surface area contributed by atoms with Gasteiger partial charge in [0.05, 0.1) is 0 Å². The van der Waals surface area contributed by atoms with E-state index in [2.05, 4.69) is 16.3 Å². The van der Waals surface area contributed by atoms with Crippen LogP contribution in [0.1, 0.15) is 29.5 Å². The van der Waals surface area contributed by atoms with Gasteiger partial charge in [-0.1, -0.05) is 6.07 Å². The second kappa shape index (κ2) is 5.29. The predicted octanol–water partition coefficient (Wildman–Crippen LogP) is 1.68. The summed E-state index contributed by atoms with van der Waals surface area (Å²) in [5.74, 6) is 0.495. The van der Waals surface area contributed by atoms with E-state index < -0.39 is 0 Å². The summed E-state index contributed by atoms with van der Waals surface area (Å²) in [7, 11) is 0. The number of benzene rings is 1. The molecule has 2 aliphatic rings. The Labute approximate surface area is 109 Å². The molecule has 0 aromatic heterocycles. The van der Waals surface area contributed by atoms with Crippen LogP contribution in [0.3, 0.4) is 0 Å². The van der Waals surface area contributed by atoms with Crippen LogP contribution in [0.2, 0.25) is 0 Å². The van der Waals surface area contributed by atoms with Crippen molar-refractivity contribution in [2.45, 2.75) is 32.2 Å². The van der Waals surface area contributed by atoms with Gasteiger partial charge in [0.15, 0.2) is 0 Å². The van der Waals surface area contributed by atoms with Gasteiger partial charge in [-0.25, -0.2) is 0 Å². The first kappa shape index (κ1) is 12.0. The van der Waals surface area contributed by atoms with E-state index in [1.165, 1.54) is 36.0 Å². The van der Waals surface area contributed by atoms with Crippen LogP contribution < -0.4 is 5.32 Å². The average molecular weight is 246 g/mol. The van der Waals surface area contributed by atoms with Crippen molar-refractivity contribution < 1.29 is 5.11 Å². The molecule has 1 saturated heterocycles. The van der Waals surface area contributed by atoms with Gasteiger partial charge in [0.25, 0.3) is 0 Å². The number of hydrogen-bond donors (Lipinski definition) is 2. The van der Waals surface area contributed by atoms with Crippen molar-refractivity contribution >= 4 is 0 Å². The Morgan fingerprint density at radius 1 is 1.11 bits per heavy atom. The third kappa shape index (κ3) is 2.38. The minimum Gasteiger partial charge on any atom is -0.508 e. The van der Waals surface area contributed by atoms with E-state index in [1.807, 2.05) is 6.07 Å². The molecule has 0 saturated carbocycles. The largest absolute Gasteiger partial charge is 0.508 e. The molecule has 2 N–H and O–H groups in total. The molecule has 0 unspecified atom stereocenters. The summed E-state index contributed by atoms with van der Waals surface area (Å²) in [6.07, 6.45) is 4.89. The highest BCUT2D eigenvalue weighted by Crippen LogP contribution is 2.31. The Kier molecular flexibility index (Phi) is 3.52. The van der Waals surface area contributed by atoms with Gasteiger partial charge in [-0.05, 0) is 42.9 Å². The van der Waals surface area contributed by atoms with Gasteiger partial charge in [-0.2, -0.15) is 0 Å². The van der Waals surface area contributed by atoms with Crippen LogP contribution in [0.4, 0.5) is 0 Å². The molecule has 18 heavy (non-hydrogen) atoms. The number of aryl methyl sites for hydroxylation is 1. The first-order chi connectivity index (χ1) is 8.84. The molecule has 0 amide bonds. The van der Waals surface area contributed by atoms with Crippen molar-refractivity contribution in [3.05, 3.63) is 28.8 Å². The molecule has 3 rings (SSSR count). The Bertz CT molecular complexity index is 425. The summed E-state index contributed by atoms with van der Waals surface area (Å²) in [5.41, 5.74) is 4.08. The lowest BCUT2D eigenvalue weighted by Gasteiger charge is -2.29. The van der Waals surface area contributed by atoms with Crippen LogP contribution >= 0.6 is 0 Å². The average Bonchev–Trinajstić information content (AvgIpc) is 2.43. The number of phenols is 1. The summed E-state index contributed by atoms with van der Waals surface area (Å²) in [6.45, 7) is 5.22. The maximum atomic E-state index is 10.2. The third-order valence-corrected chi connectivity index (χ3v) is 4.22. The van der Waals surface area contributed by atoms with Crippen molar-refractivity contribution in [1.29, 1.82) is 0 Å². The van der Waals surface area contributed by atoms with Gasteiger partial charge >= 0.3 is 0 Å². The number of phenolic OH excluding ortho intramolecular Hbond substituents is 1. The number of nitrogens with one attached hydrogen (secondary N) is 1. The SMILES string of the molecule is Oc1ccc2c(c1CN1CCNCC1)CCCC2. The lowest BCUT2D eigenvalue weighted by atomic mass is 9.87. The molecule has 0 atom stereocenters. The normalized spacial score (nSPS) is 20.7. The molecule has 3 heteroatoms. The van der Waals surface area contributed by atoms with Crippen molar-refractivity contribution in [3.8, 4) is 5.75 Å². The zero-order valence-corrected chi connectivity index (χ0v) is 10.9. The zero-order chi connectivity index (χ0) is 12.4. The van der Waals surface area contributed by atoms with E-state index in [0.717, 1.165) is 39.1 Å². The Morgan fingerprint density at radius 3 is 2.72 bits per heavy atom. The van der Waals surface area contributed by atoms with Crippen LogP contribution in [0.15, 0.2) is 12.1 Å². The van der Waals surface area contributed by atoms with E-state index >= 15 is 0 Å². The molecule has 3 nitrogen and oxygen atoms in total. The van der Waals surface area contributed by atoms with Crippen LogP contribution in [-0.4, -0.2) is 36.2 Å². The second-order valence-electron chi connectivity index (χ2n) is 5.43. The fourth-order valence-corrected chi connectivity index (χ4v) is 3.16. The topological polar surface area (TPSA) is 35.5 Å². The molecular formula is C15H22N2O. The maximum Gasteiger partial charge on any atom is 0.120 e. The van der Waals surface area contributed by atoms with E-state index in [4.69, 9.17) is 0 Å². The van der Waals surface area contributed by atoms with Crippen molar-refractivity contribution in [1.82, 2.24) is 10.2 Å². The first-order valence-electron chi connectivity index (χ1n) is 7.10. The van der Waals surface area contributed by atoms with Gasteiger partial charge in [0.1, 0.15) is 5.75 Å². The molecule has 98 valence electrons. The molecule has 1 aromatic rings. The lowest BCUT2D eigenvalue weighted by molar-refractivity contribution is 0.229. The summed E-state index contributed by atoms with van der Waals surface area (Å²) < 4.78 is 0. The van der Waals surface area contributed by atoms with Gasteiger partial charge in [0.2, 0.25) is 0 Å². The standard InChI is InChI=1S/C15H22N2O/c18-15-6-5-12-3-1-2-4-13(12)14(15)11-17-9-7-16-8-10-17/h5-6,16,18H,1-4,7-11H2. The highest BCUT2D eigenvalue weighted by atomic mass is 16.3. The second-order valence-corrected chi connectivity index (χ2v) is 5.43. The van der Waals surface area contributed by atoms with Crippen molar-refractivity contribution in [2.24, 2.45) is 0 Å². The third-order valence-electron chi connectivity index (χ3n) is 4.22. The van der Waals surface area contributed by atoms with E-state index in [9.17, 15) is 5.11 Å². The van der Waals surface area contributed by atoms with Gasteiger partial charge < -0.3 is 10.4 Å². The molecule has 1 heterocycles. The van der Waals surface area contributed by atoms with Crippen LogP contribution in [0.5, 0.6) is 5.75 Å². The number of fused-ring (bicyclic) bond motifs is 1. The Morgan fingerprint density at radius 2 is 1.89 bits per heavy atom. The molecule has 1 aliphatic carbocycles. The van der Waals surface area contributed by atoms with Gasteiger partial charge in [0, 0.05) is 38.3 Å². The molecule has 0 spiro atoms. The fourth-order valence-electron chi connectivity index (χ4n) is 3.16. The number of aromatic hydroxyl groups is 1. The summed E-state index contributed by atoms with van der Waals surface area (Å²) >= 11 is 0. The number of piperazine rings is 1. The monoisotopic (exact) mass is 246 g/mol. The number of nitrogens with zero attached hydrogens (tertiary/aromatic N) is 1. The highest BCUT2D eigenvalue weighted by Gasteiger charge is 2.19. The molecule has 0 radical (unpaired) electrons. The Hall–Kier alpha value is -1.06. The van der Waals surface area contributed by atoms with E-state index in [-0.39, 0.29) is 0 Å².